The molecule has 4 heteroatoms. The number of amides is 1. The minimum absolute atomic E-state index is 0.0376. The Bertz CT molecular complexity index is 894. The lowest BCUT2D eigenvalue weighted by Crippen LogP contribution is -2.31. The Balaban J connectivity index is 1.63. The van der Waals surface area contributed by atoms with Gasteiger partial charge in [-0.3, -0.25) is 4.79 Å². The molecule has 0 aliphatic heterocycles. The van der Waals surface area contributed by atoms with Crippen LogP contribution in [-0.2, 0) is 10.5 Å². The van der Waals surface area contributed by atoms with Gasteiger partial charge in [0.05, 0.1) is 18.9 Å². The van der Waals surface area contributed by atoms with Crippen LogP contribution in [0.15, 0.2) is 78.9 Å². The number of hydrogen-bond donors (Lipinski definition) is 1. The second-order valence-electron chi connectivity index (χ2n) is 6.61. The van der Waals surface area contributed by atoms with Gasteiger partial charge in [0.2, 0.25) is 5.91 Å². The molecule has 1 amide bonds. The highest BCUT2D eigenvalue weighted by Gasteiger charge is 2.18. The lowest BCUT2D eigenvalue weighted by atomic mass is 9.95. The molecule has 3 nitrogen and oxygen atoms in total. The van der Waals surface area contributed by atoms with Crippen LogP contribution in [0.5, 0.6) is 5.75 Å². The van der Waals surface area contributed by atoms with E-state index in [9.17, 15) is 4.79 Å². The Kier molecular flexibility index (Phi) is 7.15. The Morgan fingerprint density at radius 3 is 2.32 bits per heavy atom. The van der Waals surface area contributed by atoms with Gasteiger partial charge in [0, 0.05) is 5.75 Å². The van der Waals surface area contributed by atoms with Crippen molar-refractivity contribution >= 4 is 17.7 Å². The molecule has 0 radical (unpaired) electrons. The molecule has 0 bridgehead atoms. The molecule has 3 aromatic rings. The third-order valence-electron chi connectivity index (χ3n) is 4.60. The SMILES string of the molecule is COc1ccc(CSCC(=O)NC(c2ccccc2)c2ccccc2C)cc1. The predicted octanol–water partition coefficient (Wildman–Crippen LogP) is 5.14. The fraction of sp³-hybridized carbons (Fsp3) is 0.208. The number of ether oxygens (including phenoxy) is 1. The van der Waals surface area contributed by atoms with Crippen molar-refractivity contribution in [2.24, 2.45) is 0 Å². The zero-order chi connectivity index (χ0) is 19.8. The lowest BCUT2D eigenvalue weighted by molar-refractivity contribution is -0.119. The zero-order valence-corrected chi connectivity index (χ0v) is 17.0. The molecule has 144 valence electrons. The Morgan fingerprint density at radius 2 is 1.64 bits per heavy atom. The predicted molar refractivity (Wildman–Crippen MR) is 117 cm³/mol. The number of thioether (sulfide) groups is 1. The second kappa shape index (κ2) is 10.00. The van der Waals surface area contributed by atoms with Crippen molar-refractivity contribution in [2.45, 2.75) is 18.7 Å². The summed E-state index contributed by atoms with van der Waals surface area (Å²) < 4.78 is 5.18. The van der Waals surface area contributed by atoms with E-state index < -0.39 is 0 Å². The van der Waals surface area contributed by atoms with Gasteiger partial charge < -0.3 is 10.1 Å². The summed E-state index contributed by atoms with van der Waals surface area (Å²) in [4.78, 5) is 12.7. The molecule has 0 saturated carbocycles. The second-order valence-corrected chi connectivity index (χ2v) is 7.59. The summed E-state index contributed by atoms with van der Waals surface area (Å²) in [5, 5.41) is 3.22. The summed E-state index contributed by atoms with van der Waals surface area (Å²) in [6.45, 7) is 2.08. The third-order valence-corrected chi connectivity index (χ3v) is 5.60. The van der Waals surface area contributed by atoms with Gasteiger partial charge in [-0.2, -0.15) is 0 Å². The van der Waals surface area contributed by atoms with Crippen molar-refractivity contribution in [1.29, 1.82) is 0 Å². The van der Waals surface area contributed by atoms with Gasteiger partial charge in [-0.1, -0.05) is 66.7 Å². The van der Waals surface area contributed by atoms with E-state index >= 15 is 0 Å². The Labute approximate surface area is 171 Å². The highest BCUT2D eigenvalue weighted by atomic mass is 32.2. The monoisotopic (exact) mass is 391 g/mol. The molecular formula is C24H25NO2S. The van der Waals surface area contributed by atoms with Crippen LogP contribution in [0.25, 0.3) is 0 Å². The van der Waals surface area contributed by atoms with E-state index in [1.807, 2.05) is 54.6 Å². The van der Waals surface area contributed by atoms with Gasteiger partial charge in [0.25, 0.3) is 0 Å². The van der Waals surface area contributed by atoms with Gasteiger partial charge in [-0.25, -0.2) is 0 Å². The van der Waals surface area contributed by atoms with Crippen LogP contribution in [0.4, 0.5) is 0 Å². The van der Waals surface area contributed by atoms with Crippen molar-refractivity contribution in [1.82, 2.24) is 5.32 Å². The van der Waals surface area contributed by atoms with E-state index in [-0.39, 0.29) is 11.9 Å². The quantitative estimate of drug-likeness (QED) is 0.578. The van der Waals surface area contributed by atoms with E-state index in [0.29, 0.717) is 5.75 Å². The molecule has 1 N–H and O–H groups in total. The number of benzene rings is 3. The first kappa shape index (κ1) is 20.0. The van der Waals surface area contributed by atoms with E-state index in [1.54, 1.807) is 18.9 Å². The van der Waals surface area contributed by atoms with E-state index in [4.69, 9.17) is 4.74 Å². The fourth-order valence-corrected chi connectivity index (χ4v) is 3.88. The molecular weight excluding hydrogens is 366 g/mol. The topological polar surface area (TPSA) is 38.3 Å². The molecule has 0 aromatic heterocycles. The van der Waals surface area contributed by atoms with Crippen molar-refractivity contribution < 1.29 is 9.53 Å². The van der Waals surface area contributed by atoms with Gasteiger partial charge in [-0.05, 0) is 41.3 Å². The van der Waals surface area contributed by atoms with Crippen LogP contribution in [0.2, 0.25) is 0 Å². The molecule has 0 heterocycles. The Hall–Kier alpha value is -2.72. The van der Waals surface area contributed by atoms with E-state index in [1.165, 1.54) is 11.1 Å². The maximum absolute atomic E-state index is 12.7. The summed E-state index contributed by atoms with van der Waals surface area (Å²) in [7, 11) is 1.66. The lowest BCUT2D eigenvalue weighted by Gasteiger charge is -2.21. The zero-order valence-electron chi connectivity index (χ0n) is 16.2. The van der Waals surface area contributed by atoms with Gasteiger partial charge in [-0.15, -0.1) is 11.8 Å². The number of carbonyl (C=O) groups excluding carboxylic acids is 1. The highest BCUT2D eigenvalue weighted by Crippen LogP contribution is 2.25. The highest BCUT2D eigenvalue weighted by molar-refractivity contribution is 7.99. The first-order chi connectivity index (χ1) is 13.7. The van der Waals surface area contributed by atoms with Gasteiger partial charge in [0.15, 0.2) is 0 Å². The van der Waals surface area contributed by atoms with Crippen LogP contribution < -0.4 is 10.1 Å². The van der Waals surface area contributed by atoms with Crippen LogP contribution >= 0.6 is 11.8 Å². The molecule has 0 aliphatic rings. The van der Waals surface area contributed by atoms with Gasteiger partial charge >= 0.3 is 0 Å². The largest absolute Gasteiger partial charge is 0.497 e. The molecule has 1 unspecified atom stereocenters. The maximum atomic E-state index is 12.7. The average Bonchev–Trinajstić information content (AvgIpc) is 2.74. The molecule has 0 aliphatic carbocycles. The smallest absolute Gasteiger partial charge is 0.230 e. The molecule has 3 rings (SSSR count). The van der Waals surface area contributed by atoms with Crippen molar-refractivity contribution in [3.8, 4) is 5.75 Å². The summed E-state index contributed by atoms with van der Waals surface area (Å²) in [5.74, 6) is 2.09. The summed E-state index contributed by atoms with van der Waals surface area (Å²) in [5.41, 5.74) is 4.56. The number of aryl methyl sites for hydroxylation is 1. The summed E-state index contributed by atoms with van der Waals surface area (Å²) in [6.07, 6.45) is 0. The van der Waals surface area contributed by atoms with E-state index in [2.05, 4.69) is 36.5 Å². The normalized spacial score (nSPS) is 11.6. The standard InChI is InChI=1S/C24H25NO2S/c1-18-8-6-7-11-22(18)24(20-9-4-3-5-10-20)25-23(26)17-28-16-19-12-14-21(27-2)15-13-19/h3-15,24H,16-17H2,1-2H3,(H,25,26). The fourth-order valence-electron chi connectivity index (χ4n) is 3.08. The molecule has 1 atom stereocenters. The number of rotatable bonds is 8. The maximum Gasteiger partial charge on any atom is 0.230 e. The number of carbonyl (C=O) groups is 1. The van der Waals surface area contributed by atoms with Crippen molar-refractivity contribution in [2.75, 3.05) is 12.9 Å². The molecule has 0 saturated heterocycles. The van der Waals surface area contributed by atoms with Crippen LogP contribution in [-0.4, -0.2) is 18.8 Å². The van der Waals surface area contributed by atoms with Crippen LogP contribution in [0.3, 0.4) is 0 Å². The molecule has 0 fully saturated rings. The molecule has 3 aromatic carbocycles. The Morgan fingerprint density at radius 1 is 0.964 bits per heavy atom. The molecule has 28 heavy (non-hydrogen) atoms. The summed E-state index contributed by atoms with van der Waals surface area (Å²) >= 11 is 1.61. The van der Waals surface area contributed by atoms with Crippen molar-refractivity contribution in [3.05, 3.63) is 101 Å². The first-order valence-corrected chi connectivity index (χ1v) is 10.4. The minimum Gasteiger partial charge on any atom is -0.497 e. The number of hydrogen-bond acceptors (Lipinski definition) is 3. The third kappa shape index (κ3) is 5.40. The molecule has 0 spiro atoms. The van der Waals surface area contributed by atoms with Crippen LogP contribution in [0.1, 0.15) is 28.3 Å². The minimum atomic E-state index is -0.142. The number of methoxy groups -OCH3 is 1. The van der Waals surface area contributed by atoms with E-state index in [0.717, 1.165) is 22.6 Å². The van der Waals surface area contributed by atoms with Gasteiger partial charge in [0.1, 0.15) is 5.75 Å². The van der Waals surface area contributed by atoms with Crippen LogP contribution in [0, 0.1) is 6.92 Å². The summed E-state index contributed by atoms with van der Waals surface area (Å²) in [6, 6.07) is 26.1. The number of nitrogens with one attached hydrogen (secondary N) is 1. The first-order valence-electron chi connectivity index (χ1n) is 9.28. The van der Waals surface area contributed by atoms with Crippen molar-refractivity contribution in [3.63, 3.8) is 0 Å². The average molecular weight is 392 g/mol.